The summed E-state index contributed by atoms with van der Waals surface area (Å²) in [4.78, 5) is 20.7. The standard InChI is InChI=1S/C8H6O6.Co/c9-5-3(7(11)12)1-2-4(6(5)10)8(13)14;/h1-2,9-10H,(H,11,12)(H,13,14);/q;+2/p-2. The van der Waals surface area contributed by atoms with Crippen molar-refractivity contribution in [3.05, 3.63) is 23.3 Å². The van der Waals surface area contributed by atoms with Gasteiger partial charge in [0.2, 0.25) is 0 Å². The van der Waals surface area contributed by atoms with Crippen molar-refractivity contribution >= 4 is 11.9 Å². The fraction of sp³-hybridized carbons (Fsp3) is 0. The summed E-state index contributed by atoms with van der Waals surface area (Å²) in [6, 6.07) is 1.60. The molecule has 1 aromatic rings. The van der Waals surface area contributed by atoms with Gasteiger partial charge in [0.25, 0.3) is 0 Å². The average molecular weight is 255 g/mol. The van der Waals surface area contributed by atoms with E-state index in [1.54, 1.807) is 0 Å². The molecular formula is C8H4CoO6. The fourth-order valence-corrected chi connectivity index (χ4v) is 0.899. The van der Waals surface area contributed by atoms with Crippen LogP contribution in [0.3, 0.4) is 0 Å². The van der Waals surface area contributed by atoms with Crippen LogP contribution in [0, 0.1) is 0 Å². The van der Waals surface area contributed by atoms with Gasteiger partial charge in [-0.25, -0.2) is 9.59 Å². The van der Waals surface area contributed by atoms with Crippen molar-refractivity contribution in [3.8, 4) is 11.5 Å². The van der Waals surface area contributed by atoms with Gasteiger partial charge in [0.15, 0.2) is 0 Å². The first-order valence-corrected chi connectivity index (χ1v) is 3.42. The van der Waals surface area contributed by atoms with Crippen molar-refractivity contribution in [3.63, 3.8) is 0 Å². The van der Waals surface area contributed by atoms with Gasteiger partial charge >= 0.3 is 28.7 Å². The van der Waals surface area contributed by atoms with E-state index in [1.807, 2.05) is 0 Å². The number of carboxylic acid groups (broad SMARTS) is 2. The van der Waals surface area contributed by atoms with Gasteiger partial charge in [0.1, 0.15) is 0 Å². The van der Waals surface area contributed by atoms with Crippen molar-refractivity contribution in [2.24, 2.45) is 0 Å². The van der Waals surface area contributed by atoms with Crippen molar-refractivity contribution in [1.82, 2.24) is 0 Å². The van der Waals surface area contributed by atoms with Crippen molar-refractivity contribution in [1.29, 1.82) is 0 Å². The van der Waals surface area contributed by atoms with Crippen LogP contribution in [0.4, 0.5) is 0 Å². The maximum Gasteiger partial charge on any atom is 2.00 e. The Morgan fingerprint density at radius 1 is 0.933 bits per heavy atom. The molecule has 1 rings (SSSR count). The molecule has 0 aliphatic heterocycles. The minimum Gasteiger partial charge on any atom is -0.872 e. The molecule has 0 aliphatic carbocycles. The average Bonchev–Trinajstić information content (AvgIpc) is 2.08. The van der Waals surface area contributed by atoms with Gasteiger partial charge in [-0.1, -0.05) is 0 Å². The van der Waals surface area contributed by atoms with Gasteiger partial charge < -0.3 is 20.4 Å². The largest absolute Gasteiger partial charge is 2.00 e. The zero-order valence-electron chi connectivity index (χ0n) is 7.02. The number of carboxylic acids is 2. The first-order chi connectivity index (χ1) is 6.45. The van der Waals surface area contributed by atoms with E-state index in [0.717, 1.165) is 12.1 Å². The van der Waals surface area contributed by atoms with Gasteiger partial charge in [-0.3, -0.25) is 0 Å². The third-order valence-corrected chi connectivity index (χ3v) is 1.57. The Morgan fingerprint density at radius 2 is 1.20 bits per heavy atom. The Labute approximate surface area is 94.0 Å². The minimum atomic E-state index is -1.55. The normalized spacial score (nSPS) is 9.07. The van der Waals surface area contributed by atoms with Crippen molar-refractivity contribution in [2.75, 3.05) is 0 Å². The second kappa shape index (κ2) is 4.67. The summed E-state index contributed by atoms with van der Waals surface area (Å²) >= 11 is 0. The molecule has 1 radical (unpaired) electrons. The Bertz CT molecular complexity index is 375. The molecule has 6 nitrogen and oxygen atoms in total. The van der Waals surface area contributed by atoms with E-state index in [1.165, 1.54) is 0 Å². The molecule has 0 fully saturated rings. The fourth-order valence-electron chi connectivity index (χ4n) is 0.899. The molecule has 0 amide bonds. The van der Waals surface area contributed by atoms with Crippen LogP contribution >= 0.6 is 0 Å². The van der Waals surface area contributed by atoms with E-state index >= 15 is 0 Å². The van der Waals surface area contributed by atoms with Crippen LogP contribution in [-0.2, 0) is 16.8 Å². The molecule has 0 spiro atoms. The molecule has 0 saturated heterocycles. The van der Waals surface area contributed by atoms with Crippen LogP contribution in [0.15, 0.2) is 12.1 Å². The van der Waals surface area contributed by atoms with E-state index in [0.29, 0.717) is 0 Å². The van der Waals surface area contributed by atoms with E-state index in [9.17, 15) is 19.8 Å². The Hall–Kier alpha value is -1.73. The first kappa shape index (κ1) is 13.3. The number of hydrogen-bond donors (Lipinski definition) is 2. The second-order valence-electron chi connectivity index (χ2n) is 2.43. The Balaban J connectivity index is 0.00000196. The van der Waals surface area contributed by atoms with Crippen LogP contribution in [0.5, 0.6) is 11.5 Å². The smallest absolute Gasteiger partial charge is 0.872 e. The summed E-state index contributed by atoms with van der Waals surface area (Å²) in [6.45, 7) is 0. The molecule has 15 heavy (non-hydrogen) atoms. The van der Waals surface area contributed by atoms with Crippen LogP contribution in [0.2, 0.25) is 0 Å². The summed E-state index contributed by atoms with van der Waals surface area (Å²) in [7, 11) is 0. The maximum atomic E-state index is 11.0. The van der Waals surface area contributed by atoms with Crippen LogP contribution in [-0.4, -0.2) is 22.2 Å². The van der Waals surface area contributed by atoms with Crippen LogP contribution in [0.25, 0.3) is 0 Å². The molecule has 2 N–H and O–H groups in total. The topological polar surface area (TPSA) is 121 Å². The zero-order valence-corrected chi connectivity index (χ0v) is 8.06. The number of benzene rings is 1. The van der Waals surface area contributed by atoms with Crippen molar-refractivity contribution in [2.45, 2.75) is 0 Å². The maximum absolute atomic E-state index is 11.0. The molecular weight excluding hydrogens is 251 g/mol. The first-order valence-electron chi connectivity index (χ1n) is 3.42. The summed E-state index contributed by atoms with van der Waals surface area (Å²) in [5.41, 5.74) is -1.44. The van der Waals surface area contributed by atoms with Gasteiger partial charge in [0.05, 0.1) is 11.1 Å². The predicted molar refractivity (Wildman–Crippen MR) is 39.3 cm³/mol. The predicted octanol–water partition coefficient (Wildman–Crippen LogP) is -0.772. The molecule has 0 atom stereocenters. The zero-order chi connectivity index (χ0) is 10.9. The third kappa shape index (κ3) is 2.39. The van der Waals surface area contributed by atoms with Gasteiger partial charge in [-0.15, -0.1) is 11.5 Å². The SMILES string of the molecule is O=C(O)c1ccc(C(=O)O)c([O-])c1[O-].[Co+2]. The Morgan fingerprint density at radius 3 is 1.40 bits per heavy atom. The minimum absolute atomic E-state index is 0. The number of rotatable bonds is 2. The molecule has 0 saturated carbocycles. The molecule has 0 aromatic heterocycles. The second-order valence-corrected chi connectivity index (χ2v) is 2.43. The summed E-state index contributed by atoms with van der Waals surface area (Å²) < 4.78 is 0. The summed E-state index contributed by atoms with van der Waals surface area (Å²) in [5.74, 6) is -5.72. The van der Waals surface area contributed by atoms with Crippen molar-refractivity contribution < 1.29 is 46.8 Å². The van der Waals surface area contributed by atoms with E-state index < -0.39 is 34.6 Å². The van der Waals surface area contributed by atoms with Crippen LogP contribution < -0.4 is 10.2 Å². The molecule has 7 heteroatoms. The quantitative estimate of drug-likeness (QED) is 0.715. The molecule has 0 unspecified atom stereocenters. The number of carbonyl (C=O) groups is 2. The van der Waals surface area contributed by atoms with E-state index in [-0.39, 0.29) is 16.8 Å². The third-order valence-electron chi connectivity index (χ3n) is 1.57. The van der Waals surface area contributed by atoms with E-state index in [2.05, 4.69) is 0 Å². The van der Waals surface area contributed by atoms with Gasteiger partial charge in [-0.2, -0.15) is 0 Å². The number of hydrogen-bond acceptors (Lipinski definition) is 4. The summed E-state index contributed by atoms with van der Waals surface area (Å²) in [6.07, 6.45) is 0. The molecule has 0 aliphatic rings. The molecule has 1 aromatic carbocycles. The molecule has 0 bridgehead atoms. The van der Waals surface area contributed by atoms with E-state index in [4.69, 9.17) is 10.2 Å². The number of aromatic carboxylic acids is 2. The van der Waals surface area contributed by atoms with Gasteiger partial charge in [0, 0.05) is 0 Å². The molecule has 81 valence electrons. The summed E-state index contributed by atoms with van der Waals surface area (Å²) in [5, 5.41) is 38.8. The van der Waals surface area contributed by atoms with Crippen LogP contribution in [0.1, 0.15) is 20.7 Å². The monoisotopic (exact) mass is 255 g/mol. The molecule has 0 heterocycles. The Kier molecular flexibility index (Phi) is 4.13. The van der Waals surface area contributed by atoms with Gasteiger partial charge in [-0.05, 0) is 12.1 Å².